The molecule has 0 aromatic heterocycles. The Hall–Kier alpha value is -0.710. The van der Waals surface area contributed by atoms with Crippen molar-refractivity contribution >= 4 is 11.7 Å². The molecule has 0 amide bonds. The van der Waals surface area contributed by atoms with Gasteiger partial charge in [-0.15, -0.1) is 0 Å². The summed E-state index contributed by atoms with van der Waals surface area (Å²) in [7, 11) is 0. The van der Waals surface area contributed by atoms with Crippen LogP contribution in [-0.2, 0) is 9.57 Å². The van der Waals surface area contributed by atoms with Gasteiger partial charge >= 0.3 is 29.6 Å². The molecule has 9 heteroatoms. The van der Waals surface area contributed by atoms with E-state index in [2.05, 4.69) is 5.48 Å². The van der Waals surface area contributed by atoms with Crippen LogP contribution >= 0.6 is 0 Å². The number of carboxylic acid groups (broad SMARTS) is 1. The van der Waals surface area contributed by atoms with E-state index >= 15 is 0 Å². The fourth-order valence-electron chi connectivity index (χ4n) is 1.83. The van der Waals surface area contributed by atoms with Gasteiger partial charge in [-0.2, -0.15) is 0 Å². The van der Waals surface area contributed by atoms with Crippen molar-refractivity contribution in [3.63, 3.8) is 0 Å². The van der Waals surface area contributed by atoms with Crippen molar-refractivity contribution in [1.82, 2.24) is 0 Å². The van der Waals surface area contributed by atoms with Gasteiger partial charge in [-0.1, -0.05) is 18.2 Å². The number of aliphatic hydroxyl groups is 3. The third kappa shape index (κ3) is 4.15. The standard InChI is InChI=1S/C12H15NO7.Na/c14-5-8-9(15)10(16)12(19-8)20-13-7-4-2-1-3-6(7)11(17)18;/h1-4,8-10,12-16H,5H2,(H,17,18);/q;+1/p-1/t8-,9-,10+,12?;/m0./s1. The fourth-order valence-corrected chi connectivity index (χ4v) is 1.83. The van der Waals surface area contributed by atoms with Crippen molar-refractivity contribution in [1.29, 1.82) is 0 Å². The van der Waals surface area contributed by atoms with Crippen LogP contribution in [0.2, 0.25) is 0 Å². The van der Waals surface area contributed by atoms with Crippen LogP contribution in [0.15, 0.2) is 24.3 Å². The van der Waals surface area contributed by atoms with E-state index in [0.29, 0.717) is 0 Å². The summed E-state index contributed by atoms with van der Waals surface area (Å²) in [6, 6.07) is 5.85. The number of rotatable bonds is 5. The number of para-hydroxylation sites is 1. The molecule has 1 fully saturated rings. The summed E-state index contributed by atoms with van der Waals surface area (Å²) in [4.78, 5) is 15.9. The molecule has 110 valence electrons. The molecule has 21 heavy (non-hydrogen) atoms. The first kappa shape index (κ1) is 18.3. The molecule has 1 aromatic rings. The van der Waals surface area contributed by atoms with Gasteiger partial charge in [0, 0.05) is 5.56 Å². The molecule has 0 saturated carbocycles. The number of aromatic carboxylic acids is 1. The van der Waals surface area contributed by atoms with Crippen molar-refractivity contribution in [3.05, 3.63) is 29.8 Å². The van der Waals surface area contributed by atoms with E-state index in [1.54, 1.807) is 6.07 Å². The molecule has 2 rings (SSSR count). The summed E-state index contributed by atoms with van der Waals surface area (Å²) in [6.07, 6.45) is -4.86. The van der Waals surface area contributed by atoms with E-state index in [4.69, 9.17) is 14.7 Å². The van der Waals surface area contributed by atoms with Crippen LogP contribution < -0.4 is 40.1 Å². The Morgan fingerprint density at radius 1 is 1.33 bits per heavy atom. The van der Waals surface area contributed by atoms with Crippen LogP contribution in [0.1, 0.15) is 10.4 Å². The number of carbonyl (C=O) groups excluding carboxylic acids is 1. The molecule has 0 radical (unpaired) electrons. The van der Waals surface area contributed by atoms with Crippen LogP contribution in [0.3, 0.4) is 0 Å². The van der Waals surface area contributed by atoms with Gasteiger partial charge in [0.2, 0.25) is 6.29 Å². The van der Waals surface area contributed by atoms with E-state index in [1.165, 1.54) is 18.2 Å². The van der Waals surface area contributed by atoms with Gasteiger partial charge in [0.05, 0.1) is 18.3 Å². The second-order valence-corrected chi connectivity index (χ2v) is 4.26. The number of carboxylic acids is 1. The Bertz CT molecular complexity index is 486. The predicted octanol–water partition coefficient (Wildman–Crippen LogP) is -5.16. The van der Waals surface area contributed by atoms with Crippen LogP contribution in [0.4, 0.5) is 5.69 Å². The first-order valence-electron chi connectivity index (χ1n) is 5.89. The molecular weight excluding hydrogens is 293 g/mol. The van der Waals surface area contributed by atoms with Crippen molar-refractivity contribution in [2.45, 2.75) is 24.6 Å². The Balaban J connectivity index is 0.00000220. The van der Waals surface area contributed by atoms with Crippen LogP contribution in [0.5, 0.6) is 0 Å². The maximum absolute atomic E-state index is 10.9. The average Bonchev–Trinajstić information content (AvgIpc) is 2.72. The molecule has 8 nitrogen and oxygen atoms in total. The molecule has 4 atom stereocenters. The molecule has 0 bridgehead atoms. The van der Waals surface area contributed by atoms with Crippen LogP contribution in [0, 0.1) is 0 Å². The molecule has 1 aliphatic rings. The van der Waals surface area contributed by atoms with E-state index in [1.807, 2.05) is 0 Å². The van der Waals surface area contributed by atoms with Gasteiger partial charge in [-0.3, -0.25) is 5.48 Å². The van der Waals surface area contributed by atoms with Crippen LogP contribution in [-0.4, -0.2) is 52.5 Å². The third-order valence-corrected chi connectivity index (χ3v) is 2.93. The molecule has 1 unspecified atom stereocenters. The number of anilines is 1. The number of carbonyl (C=O) groups is 1. The van der Waals surface area contributed by atoms with Gasteiger partial charge in [0.1, 0.15) is 18.3 Å². The Labute approximate surface area is 142 Å². The Kier molecular flexibility index (Phi) is 7.04. The minimum Gasteiger partial charge on any atom is -0.545 e. The number of aliphatic hydroxyl groups excluding tert-OH is 3. The first-order chi connectivity index (χ1) is 9.54. The molecule has 1 aromatic carbocycles. The molecule has 0 aliphatic carbocycles. The SMILES string of the molecule is O=C([O-])c1ccccc1NOC1O[C@@H](CO)[C@H](O)[C@H]1O.[Na+]. The summed E-state index contributed by atoms with van der Waals surface area (Å²) in [5.41, 5.74) is 2.32. The second kappa shape index (κ2) is 8.06. The number of benzene rings is 1. The smallest absolute Gasteiger partial charge is 0.545 e. The predicted molar refractivity (Wildman–Crippen MR) is 63.2 cm³/mol. The Morgan fingerprint density at radius 3 is 2.57 bits per heavy atom. The monoisotopic (exact) mass is 307 g/mol. The largest absolute Gasteiger partial charge is 1.00 e. The Morgan fingerprint density at radius 2 is 2.00 bits per heavy atom. The third-order valence-electron chi connectivity index (χ3n) is 2.93. The summed E-state index contributed by atoms with van der Waals surface area (Å²) < 4.78 is 5.06. The zero-order chi connectivity index (χ0) is 14.7. The number of nitrogens with one attached hydrogen (secondary N) is 1. The van der Waals surface area contributed by atoms with Crippen molar-refractivity contribution in [2.24, 2.45) is 0 Å². The number of hydrogen-bond acceptors (Lipinski definition) is 8. The molecule has 4 N–H and O–H groups in total. The van der Waals surface area contributed by atoms with E-state index in [0.717, 1.165) is 0 Å². The second-order valence-electron chi connectivity index (χ2n) is 4.26. The summed E-state index contributed by atoms with van der Waals surface area (Å²) in [5, 5.41) is 38.9. The number of hydrogen-bond donors (Lipinski definition) is 4. The van der Waals surface area contributed by atoms with E-state index < -0.39 is 37.2 Å². The average molecular weight is 307 g/mol. The van der Waals surface area contributed by atoms with Gasteiger partial charge in [0.25, 0.3) is 0 Å². The maximum atomic E-state index is 10.9. The van der Waals surface area contributed by atoms with E-state index in [9.17, 15) is 20.1 Å². The number of ether oxygens (including phenoxy) is 1. The maximum Gasteiger partial charge on any atom is 1.00 e. The minimum atomic E-state index is -1.39. The molecule has 1 saturated heterocycles. The minimum absolute atomic E-state index is 0. The molecule has 1 aliphatic heterocycles. The molecule has 1 heterocycles. The quantitative estimate of drug-likeness (QED) is 0.314. The van der Waals surface area contributed by atoms with Gasteiger partial charge in [-0.05, 0) is 6.07 Å². The topological polar surface area (TPSA) is 131 Å². The zero-order valence-electron chi connectivity index (χ0n) is 11.3. The van der Waals surface area contributed by atoms with Gasteiger partial charge in [-0.25, -0.2) is 4.84 Å². The van der Waals surface area contributed by atoms with Gasteiger partial charge < -0.3 is 30.0 Å². The normalized spacial score (nSPS) is 28.0. The van der Waals surface area contributed by atoms with E-state index in [-0.39, 0.29) is 40.8 Å². The zero-order valence-corrected chi connectivity index (χ0v) is 13.3. The molecular formula is C12H14NNaO7. The first-order valence-corrected chi connectivity index (χ1v) is 5.89. The van der Waals surface area contributed by atoms with Crippen molar-refractivity contribution < 1.29 is 64.4 Å². The summed E-state index contributed by atoms with van der Waals surface area (Å²) >= 11 is 0. The van der Waals surface area contributed by atoms with Crippen molar-refractivity contribution in [3.8, 4) is 0 Å². The summed E-state index contributed by atoms with van der Waals surface area (Å²) in [6.45, 7) is -0.478. The van der Waals surface area contributed by atoms with Crippen molar-refractivity contribution in [2.75, 3.05) is 12.1 Å². The fraction of sp³-hybridized carbons (Fsp3) is 0.417. The van der Waals surface area contributed by atoms with Gasteiger partial charge in [0.15, 0.2) is 0 Å². The summed E-state index contributed by atoms with van der Waals surface area (Å²) in [5.74, 6) is -1.39. The molecule has 0 spiro atoms. The van der Waals surface area contributed by atoms with Crippen LogP contribution in [0.25, 0.3) is 0 Å².